The number of aliphatic hydroxyl groups is 1. The van der Waals surface area contributed by atoms with Gasteiger partial charge in [-0.3, -0.25) is 5.10 Å². The molecule has 3 rings (SSSR count). The summed E-state index contributed by atoms with van der Waals surface area (Å²) in [4.78, 5) is 0. The van der Waals surface area contributed by atoms with Crippen molar-refractivity contribution >= 4 is 16.6 Å². The molecule has 5 heteroatoms. The molecule has 0 aliphatic carbocycles. The van der Waals surface area contributed by atoms with E-state index in [1.165, 1.54) is 6.07 Å². The monoisotopic (exact) mass is 257 g/mol. The summed E-state index contributed by atoms with van der Waals surface area (Å²) in [5, 5.41) is 17.1. The maximum Gasteiger partial charge on any atom is 0.128 e. The number of nitrogens with zero attached hydrogens (tertiary/aromatic N) is 1. The molecule has 4 N–H and O–H groups in total. The number of aromatic amines is 1. The molecule has 0 amide bonds. The van der Waals surface area contributed by atoms with Gasteiger partial charge >= 0.3 is 0 Å². The Balaban J connectivity index is 2.21. The maximum atomic E-state index is 13.4. The molecule has 0 fully saturated rings. The van der Waals surface area contributed by atoms with Crippen LogP contribution in [0.1, 0.15) is 5.56 Å². The predicted molar refractivity (Wildman–Crippen MR) is 71.8 cm³/mol. The van der Waals surface area contributed by atoms with Gasteiger partial charge in [0.05, 0.1) is 17.8 Å². The Morgan fingerprint density at radius 2 is 2.05 bits per heavy atom. The average Bonchev–Trinajstić information content (AvgIpc) is 2.82. The minimum absolute atomic E-state index is 0.248. The van der Waals surface area contributed by atoms with E-state index in [1.54, 1.807) is 18.2 Å². The molecule has 0 saturated heterocycles. The van der Waals surface area contributed by atoms with Crippen LogP contribution in [0.4, 0.5) is 10.1 Å². The van der Waals surface area contributed by atoms with Crippen molar-refractivity contribution in [3.8, 4) is 11.3 Å². The number of H-pyrrole nitrogens is 1. The van der Waals surface area contributed by atoms with Crippen molar-refractivity contribution in [3.05, 3.63) is 47.8 Å². The molecule has 0 saturated carbocycles. The standard InChI is InChI=1S/C14H12FN3O/c15-12-3-1-8(5-9(12)7-19)14-11-6-10(16)2-4-13(11)17-18-14/h1-6,19H,7,16H2,(H,17,18). The van der Waals surface area contributed by atoms with Crippen LogP contribution in [0.15, 0.2) is 36.4 Å². The van der Waals surface area contributed by atoms with Crippen molar-refractivity contribution < 1.29 is 9.50 Å². The van der Waals surface area contributed by atoms with Gasteiger partial charge in [0.25, 0.3) is 0 Å². The second-order valence-corrected chi connectivity index (χ2v) is 4.34. The highest BCUT2D eigenvalue weighted by Gasteiger charge is 2.10. The number of benzene rings is 2. The van der Waals surface area contributed by atoms with Crippen LogP contribution in [0.2, 0.25) is 0 Å². The molecule has 0 atom stereocenters. The molecule has 0 spiro atoms. The molecule has 3 aromatic rings. The quantitative estimate of drug-likeness (QED) is 0.617. The average molecular weight is 257 g/mol. The van der Waals surface area contributed by atoms with Crippen molar-refractivity contribution in [2.24, 2.45) is 0 Å². The zero-order valence-corrected chi connectivity index (χ0v) is 10.0. The number of halogens is 1. The third-order valence-corrected chi connectivity index (χ3v) is 3.08. The van der Waals surface area contributed by atoms with E-state index in [0.29, 0.717) is 11.4 Å². The lowest BCUT2D eigenvalue weighted by molar-refractivity contribution is 0.276. The number of fused-ring (bicyclic) bond motifs is 1. The summed E-state index contributed by atoms with van der Waals surface area (Å²) >= 11 is 0. The van der Waals surface area contributed by atoms with Gasteiger partial charge in [0.1, 0.15) is 5.82 Å². The van der Waals surface area contributed by atoms with Gasteiger partial charge in [-0.25, -0.2) is 4.39 Å². The fraction of sp³-hybridized carbons (Fsp3) is 0.0714. The van der Waals surface area contributed by atoms with Crippen LogP contribution in [-0.4, -0.2) is 15.3 Å². The van der Waals surface area contributed by atoms with Gasteiger partial charge in [0, 0.05) is 22.2 Å². The van der Waals surface area contributed by atoms with Crippen molar-refractivity contribution in [2.75, 3.05) is 5.73 Å². The zero-order chi connectivity index (χ0) is 13.4. The van der Waals surface area contributed by atoms with Crippen molar-refractivity contribution in [3.63, 3.8) is 0 Å². The Bertz CT molecular complexity index is 752. The van der Waals surface area contributed by atoms with Crippen LogP contribution in [0.25, 0.3) is 22.2 Å². The van der Waals surface area contributed by atoms with E-state index in [2.05, 4.69) is 10.2 Å². The lowest BCUT2D eigenvalue weighted by atomic mass is 10.0. The first-order valence-corrected chi connectivity index (χ1v) is 5.82. The number of aromatic nitrogens is 2. The highest BCUT2D eigenvalue weighted by atomic mass is 19.1. The van der Waals surface area contributed by atoms with Crippen LogP contribution in [0.3, 0.4) is 0 Å². The predicted octanol–water partition coefficient (Wildman–Crippen LogP) is 2.44. The summed E-state index contributed by atoms with van der Waals surface area (Å²) in [5.41, 5.74) is 8.95. The van der Waals surface area contributed by atoms with Gasteiger partial charge in [0.15, 0.2) is 0 Å². The number of rotatable bonds is 2. The minimum Gasteiger partial charge on any atom is -0.399 e. The summed E-state index contributed by atoms with van der Waals surface area (Å²) in [6.45, 7) is -0.343. The van der Waals surface area contributed by atoms with Crippen LogP contribution >= 0.6 is 0 Å². The SMILES string of the molecule is Nc1ccc2[nH]nc(-c3ccc(F)c(CO)c3)c2c1. The summed E-state index contributed by atoms with van der Waals surface area (Å²) in [5.74, 6) is -0.425. The van der Waals surface area contributed by atoms with Crippen LogP contribution in [0, 0.1) is 5.82 Å². The summed E-state index contributed by atoms with van der Waals surface area (Å²) < 4.78 is 13.4. The number of nitrogen functional groups attached to an aromatic ring is 1. The molecule has 2 aromatic carbocycles. The number of hydrogen-bond acceptors (Lipinski definition) is 3. The molecule has 0 radical (unpaired) electrons. The molecule has 96 valence electrons. The maximum absolute atomic E-state index is 13.4. The molecule has 0 aliphatic heterocycles. The molecular formula is C14H12FN3O. The van der Waals surface area contributed by atoms with Crippen molar-refractivity contribution in [1.82, 2.24) is 10.2 Å². The molecule has 4 nitrogen and oxygen atoms in total. The molecular weight excluding hydrogens is 245 g/mol. The van der Waals surface area contributed by atoms with E-state index >= 15 is 0 Å². The van der Waals surface area contributed by atoms with Crippen LogP contribution < -0.4 is 5.73 Å². The highest BCUT2D eigenvalue weighted by molar-refractivity contribution is 5.94. The Morgan fingerprint density at radius 3 is 2.84 bits per heavy atom. The fourth-order valence-electron chi connectivity index (χ4n) is 2.09. The van der Waals surface area contributed by atoms with E-state index in [9.17, 15) is 4.39 Å². The molecule has 19 heavy (non-hydrogen) atoms. The van der Waals surface area contributed by atoms with E-state index in [4.69, 9.17) is 10.8 Å². The summed E-state index contributed by atoms with van der Waals surface area (Å²) in [7, 11) is 0. The third-order valence-electron chi connectivity index (χ3n) is 3.08. The lowest BCUT2D eigenvalue weighted by Crippen LogP contribution is -1.91. The van der Waals surface area contributed by atoms with Gasteiger partial charge in [0.2, 0.25) is 0 Å². The lowest BCUT2D eigenvalue weighted by Gasteiger charge is -2.03. The Labute approximate surface area is 108 Å². The fourth-order valence-corrected chi connectivity index (χ4v) is 2.09. The smallest absolute Gasteiger partial charge is 0.128 e. The Kier molecular flexibility index (Phi) is 2.68. The number of nitrogens with one attached hydrogen (secondary N) is 1. The molecule has 0 bridgehead atoms. The van der Waals surface area contributed by atoms with Gasteiger partial charge in [-0.05, 0) is 36.4 Å². The van der Waals surface area contributed by atoms with E-state index < -0.39 is 5.82 Å². The minimum atomic E-state index is -0.425. The van der Waals surface area contributed by atoms with E-state index in [-0.39, 0.29) is 12.2 Å². The number of nitrogens with two attached hydrogens (primary N) is 1. The van der Waals surface area contributed by atoms with Gasteiger partial charge < -0.3 is 10.8 Å². The largest absolute Gasteiger partial charge is 0.399 e. The van der Waals surface area contributed by atoms with Crippen molar-refractivity contribution in [1.29, 1.82) is 0 Å². The first kappa shape index (κ1) is 11.7. The number of aliphatic hydroxyl groups excluding tert-OH is 1. The molecule has 1 heterocycles. The van der Waals surface area contributed by atoms with E-state index in [1.807, 2.05) is 12.1 Å². The van der Waals surface area contributed by atoms with Crippen LogP contribution in [0.5, 0.6) is 0 Å². The summed E-state index contributed by atoms with van der Waals surface area (Å²) in [6.07, 6.45) is 0. The van der Waals surface area contributed by atoms with Gasteiger partial charge in [-0.1, -0.05) is 0 Å². The molecule has 0 aliphatic rings. The zero-order valence-electron chi connectivity index (χ0n) is 10.0. The second kappa shape index (κ2) is 4.37. The van der Waals surface area contributed by atoms with Gasteiger partial charge in [-0.2, -0.15) is 5.10 Å². The molecule has 0 unspecified atom stereocenters. The summed E-state index contributed by atoms with van der Waals surface area (Å²) in [6, 6.07) is 10.00. The van der Waals surface area contributed by atoms with E-state index in [0.717, 1.165) is 16.5 Å². The number of hydrogen-bond donors (Lipinski definition) is 3. The molecule has 1 aromatic heterocycles. The first-order valence-electron chi connectivity index (χ1n) is 5.82. The third kappa shape index (κ3) is 1.94. The van der Waals surface area contributed by atoms with Gasteiger partial charge in [-0.15, -0.1) is 0 Å². The first-order chi connectivity index (χ1) is 9.19. The Morgan fingerprint density at radius 1 is 1.21 bits per heavy atom. The topological polar surface area (TPSA) is 74.9 Å². The highest BCUT2D eigenvalue weighted by Crippen LogP contribution is 2.28. The Hall–Kier alpha value is -2.40. The second-order valence-electron chi connectivity index (χ2n) is 4.34. The van der Waals surface area contributed by atoms with Crippen LogP contribution in [-0.2, 0) is 6.61 Å². The van der Waals surface area contributed by atoms with Crippen molar-refractivity contribution in [2.45, 2.75) is 6.61 Å². The number of anilines is 1. The normalized spacial score (nSPS) is 11.1.